The van der Waals surface area contributed by atoms with E-state index in [2.05, 4.69) is 10.3 Å². The van der Waals surface area contributed by atoms with Gasteiger partial charge in [0.1, 0.15) is 0 Å². The van der Waals surface area contributed by atoms with E-state index in [9.17, 15) is 9.59 Å². The van der Waals surface area contributed by atoms with Gasteiger partial charge < -0.3 is 10.2 Å². The van der Waals surface area contributed by atoms with Gasteiger partial charge in [0.15, 0.2) is 0 Å². The van der Waals surface area contributed by atoms with Crippen molar-refractivity contribution in [3.05, 3.63) is 16.1 Å². The molecule has 6 heteroatoms. The van der Waals surface area contributed by atoms with Crippen molar-refractivity contribution in [2.75, 3.05) is 13.1 Å². The van der Waals surface area contributed by atoms with Crippen LogP contribution in [0.3, 0.4) is 0 Å². The van der Waals surface area contributed by atoms with Crippen LogP contribution in [0.4, 0.5) is 0 Å². The van der Waals surface area contributed by atoms with Crippen LogP contribution < -0.4 is 5.32 Å². The number of hydrogen-bond acceptors (Lipinski definition) is 4. The minimum Gasteiger partial charge on any atom is -0.355 e. The van der Waals surface area contributed by atoms with E-state index in [1.54, 1.807) is 11.3 Å². The summed E-state index contributed by atoms with van der Waals surface area (Å²) in [6.45, 7) is 3.21. The Morgan fingerprint density at radius 3 is 3.00 bits per heavy atom. The van der Waals surface area contributed by atoms with Crippen molar-refractivity contribution in [2.45, 2.75) is 38.6 Å². The topological polar surface area (TPSA) is 62.3 Å². The highest BCUT2D eigenvalue weighted by Crippen LogP contribution is 2.32. The van der Waals surface area contributed by atoms with Crippen LogP contribution in [-0.4, -0.2) is 40.8 Å². The molecule has 1 saturated carbocycles. The van der Waals surface area contributed by atoms with E-state index in [1.165, 1.54) is 4.88 Å². The fraction of sp³-hybridized carbons (Fsp3) is 0.643. The Labute approximate surface area is 122 Å². The summed E-state index contributed by atoms with van der Waals surface area (Å²) in [5, 5.41) is 2.95. The third-order valence-electron chi connectivity index (χ3n) is 4.01. The number of rotatable bonds is 5. The zero-order valence-electron chi connectivity index (χ0n) is 11.6. The Bertz CT molecular complexity index is 524. The van der Waals surface area contributed by atoms with Gasteiger partial charge in [0.2, 0.25) is 11.8 Å². The summed E-state index contributed by atoms with van der Waals surface area (Å²) in [5.41, 5.74) is 2.87. The smallest absolute Gasteiger partial charge is 0.225 e. The third-order valence-corrected chi connectivity index (χ3v) is 5.01. The number of carbonyl (C=O) groups excluding carboxylic acids is 2. The second-order valence-corrected chi connectivity index (χ2v) is 6.52. The normalized spacial score (nSPS) is 22.4. The Kier molecular flexibility index (Phi) is 3.74. The first-order valence-electron chi connectivity index (χ1n) is 7.11. The predicted octanol–water partition coefficient (Wildman–Crippen LogP) is 1.12. The van der Waals surface area contributed by atoms with Crippen LogP contribution in [0.15, 0.2) is 5.51 Å². The maximum Gasteiger partial charge on any atom is 0.225 e. The van der Waals surface area contributed by atoms with E-state index >= 15 is 0 Å². The second kappa shape index (κ2) is 5.52. The van der Waals surface area contributed by atoms with Crippen LogP contribution in [0.25, 0.3) is 0 Å². The molecule has 1 aromatic rings. The van der Waals surface area contributed by atoms with Crippen LogP contribution >= 0.6 is 11.3 Å². The number of aryl methyl sites for hydroxylation is 1. The van der Waals surface area contributed by atoms with Crippen molar-refractivity contribution in [1.82, 2.24) is 15.2 Å². The lowest BCUT2D eigenvalue weighted by Gasteiger charge is -2.15. The van der Waals surface area contributed by atoms with E-state index in [-0.39, 0.29) is 17.7 Å². The van der Waals surface area contributed by atoms with Crippen LogP contribution in [0.1, 0.15) is 29.8 Å². The number of carbonyl (C=O) groups is 2. The molecular formula is C14H19N3O2S. The van der Waals surface area contributed by atoms with Crippen molar-refractivity contribution in [1.29, 1.82) is 0 Å². The number of nitrogens with one attached hydrogen (secondary N) is 1. The summed E-state index contributed by atoms with van der Waals surface area (Å²) in [6.07, 6.45) is 3.40. The Morgan fingerprint density at radius 2 is 2.35 bits per heavy atom. The lowest BCUT2D eigenvalue weighted by Crippen LogP contribution is -2.34. The van der Waals surface area contributed by atoms with E-state index in [0.29, 0.717) is 25.6 Å². The van der Waals surface area contributed by atoms with E-state index in [4.69, 9.17) is 0 Å². The van der Waals surface area contributed by atoms with Gasteiger partial charge in [0.25, 0.3) is 0 Å². The highest BCUT2D eigenvalue weighted by atomic mass is 32.1. The van der Waals surface area contributed by atoms with E-state index in [0.717, 1.165) is 25.0 Å². The van der Waals surface area contributed by atoms with E-state index < -0.39 is 0 Å². The largest absolute Gasteiger partial charge is 0.355 e. The quantitative estimate of drug-likeness (QED) is 0.885. The summed E-state index contributed by atoms with van der Waals surface area (Å²) in [4.78, 5) is 31.2. The summed E-state index contributed by atoms with van der Waals surface area (Å²) in [5.74, 6) is 0.000257. The maximum atomic E-state index is 12.1. The standard InChI is InChI=1S/C14H19N3O2S/c1-9-12(20-8-16-9)4-5-15-14(19)10-6-13(18)17(7-10)11-2-3-11/h8,10-11H,2-7H2,1H3,(H,15,19)/t10-/m0/s1. The molecule has 0 bridgehead atoms. The molecule has 1 aliphatic heterocycles. The lowest BCUT2D eigenvalue weighted by molar-refractivity contribution is -0.129. The Hall–Kier alpha value is -1.43. The fourth-order valence-corrected chi connectivity index (χ4v) is 3.44. The molecule has 1 aliphatic carbocycles. The maximum absolute atomic E-state index is 12.1. The molecule has 5 nitrogen and oxygen atoms in total. The molecule has 2 amide bonds. The van der Waals surface area contributed by atoms with Crippen molar-refractivity contribution in [3.63, 3.8) is 0 Å². The fourth-order valence-electron chi connectivity index (χ4n) is 2.66. The predicted molar refractivity (Wildman–Crippen MR) is 76.4 cm³/mol. The monoisotopic (exact) mass is 293 g/mol. The first kappa shape index (κ1) is 13.5. The molecule has 0 aromatic carbocycles. The first-order chi connectivity index (χ1) is 9.65. The molecule has 1 saturated heterocycles. The van der Waals surface area contributed by atoms with Crippen molar-refractivity contribution >= 4 is 23.2 Å². The minimum atomic E-state index is -0.161. The molecular weight excluding hydrogens is 274 g/mol. The summed E-state index contributed by atoms with van der Waals surface area (Å²) >= 11 is 1.62. The summed E-state index contributed by atoms with van der Waals surface area (Å²) in [6, 6.07) is 0.417. The highest BCUT2D eigenvalue weighted by Gasteiger charge is 2.41. The van der Waals surface area contributed by atoms with Gasteiger partial charge in [-0.25, -0.2) is 4.98 Å². The third kappa shape index (κ3) is 2.85. The lowest BCUT2D eigenvalue weighted by atomic mass is 10.1. The van der Waals surface area contributed by atoms with Crippen LogP contribution in [0.5, 0.6) is 0 Å². The SMILES string of the molecule is Cc1ncsc1CCNC(=O)[C@H]1CC(=O)N(C2CC2)C1. The van der Waals surface area contributed by atoms with Gasteiger partial charge in [-0.3, -0.25) is 9.59 Å². The van der Waals surface area contributed by atoms with Gasteiger partial charge >= 0.3 is 0 Å². The van der Waals surface area contributed by atoms with E-state index in [1.807, 2.05) is 17.3 Å². The second-order valence-electron chi connectivity index (χ2n) is 5.58. The van der Waals surface area contributed by atoms with Gasteiger partial charge in [-0.1, -0.05) is 0 Å². The summed E-state index contributed by atoms with van der Waals surface area (Å²) in [7, 11) is 0. The molecule has 0 radical (unpaired) electrons. The molecule has 3 rings (SSSR count). The van der Waals surface area contributed by atoms with Gasteiger partial charge in [-0.05, 0) is 19.8 Å². The molecule has 1 atom stereocenters. The first-order valence-corrected chi connectivity index (χ1v) is 7.99. The minimum absolute atomic E-state index is 0.0173. The zero-order chi connectivity index (χ0) is 14.1. The molecule has 108 valence electrons. The molecule has 1 N–H and O–H groups in total. The molecule has 2 aliphatic rings. The average Bonchev–Trinajstić information content (AvgIpc) is 3.08. The number of nitrogens with zero attached hydrogens (tertiary/aromatic N) is 2. The molecule has 0 unspecified atom stereocenters. The average molecular weight is 293 g/mol. The van der Waals surface area contributed by atoms with Crippen molar-refractivity contribution < 1.29 is 9.59 Å². The number of aromatic nitrogens is 1. The van der Waals surface area contributed by atoms with Gasteiger partial charge in [-0.2, -0.15) is 0 Å². The molecule has 2 heterocycles. The number of amides is 2. The zero-order valence-corrected chi connectivity index (χ0v) is 12.4. The van der Waals surface area contributed by atoms with Crippen molar-refractivity contribution in [2.24, 2.45) is 5.92 Å². The molecule has 0 spiro atoms. The molecule has 2 fully saturated rings. The van der Waals surface area contributed by atoms with Crippen LogP contribution in [-0.2, 0) is 16.0 Å². The van der Waals surface area contributed by atoms with Gasteiger partial charge in [0.05, 0.1) is 17.1 Å². The Morgan fingerprint density at radius 1 is 1.55 bits per heavy atom. The number of hydrogen-bond donors (Lipinski definition) is 1. The van der Waals surface area contributed by atoms with Gasteiger partial charge in [-0.15, -0.1) is 11.3 Å². The number of likely N-dealkylation sites (tertiary alicyclic amines) is 1. The Balaban J connectivity index is 1.45. The highest BCUT2D eigenvalue weighted by molar-refractivity contribution is 7.09. The molecule has 20 heavy (non-hydrogen) atoms. The van der Waals surface area contributed by atoms with Crippen LogP contribution in [0, 0.1) is 12.8 Å². The summed E-state index contributed by atoms with van der Waals surface area (Å²) < 4.78 is 0. The van der Waals surface area contributed by atoms with Crippen LogP contribution in [0.2, 0.25) is 0 Å². The van der Waals surface area contributed by atoms with Crippen molar-refractivity contribution in [3.8, 4) is 0 Å². The number of thiazole rings is 1. The van der Waals surface area contributed by atoms with Gasteiger partial charge in [0, 0.05) is 36.9 Å². The molecule has 1 aromatic heterocycles.